The molecule has 0 aromatic heterocycles. The summed E-state index contributed by atoms with van der Waals surface area (Å²) in [4.78, 5) is 91.8. The number of nitrogens with one attached hydrogen (secondary N) is 6. The molecule has 22 heteroatoms. The number of carbonyl (C=O) groups is 8. The van der Waals surface area contributed by atoms with Gasteiger partial charge in [0.2, 0.25) is 11.8 Å². The van der Waals surface area contributed by atoms with E-state index in [1.807, 2.05) is 0 Å². The first kappa shape index (κ1) is 36.0. The molecule has 0 aliphatic heterocycles. The largest absolute Gasteiger partial charge is 0.480 e. The fraction of sp³-hybridized carbons (Fsp3) is 0.556. The van der Waals surface area contributed by atoms with Gasteiger partial charge in [0, 0.05) is 24.6 Å². The van der Waals surface area contributed by atoms with Gasteiger partial charge in [-0.3, -0.25) is 28.8 Å². The molecular formula is C18H30N8O12S2. The van der Waals surface area contributed by atoms with Crippen molar-refractivity contribution in [3.8, 4) is 0 Å². The van der Waals surface area contributed by atoms with Gasteiger partial charge in [-0.15, -0.1) is 0 Å². The zero-order valence-corrected chi connectivity index (χ0v) is 22.2. The standard InChI is InChI=1S/C18H30N8O12S2/c19-7(15(33)34)1-23-17(37)25-9(13(31)21-3-11(27)28)5-39-40-6-10(14(32)22-4-12(29)30)26-18(38)24-2-8(20)16(35)36/h7-10H,1-6,19-20H2,(H,21,31)(H,22,32)(H,27,28)(H,29,30)(H,33,34)(H,35,36)(H2,23,25,37)(H2,24,26,38)/t7-,8-,9-,10-/m0/s1. The van der Waals surface area contributed by atoms with Crippen LogP contribution in [-0.2, 0) is 28.8 Å². The minimum atomic E-state index is -1.43. The normalized spacial score (nSPS) is 13.3. The van der Waals surface area contributed by atoms with E-state index in [1.165, 1.54) is 0 Å². The van der Waals surface area contributed by atoms with Crippen molar-refractivity contribution < 1.29 is 58.8 Å². The van der Waals surface area contributed by atoms with Crippen LogP contribution in [0.25, 0.3) is 0 Å². The number of hydrogen-bond acceptors (Lipinski definition) is 12. The third-order valence-corrected chi connectivity index (χ3v) is 6.65. The van der Waals surface area contributed by atoms with Crippen molar-refractivity contribution in [2.45, 2.75) is 24.2 Å². The lowest BCUT2D eigenvalue weighted by Crippen LogP contribution is -2.54. The first-order chi connectivity index (χ1) is 18.6. The second-order valence-corrected chi connectivity index (χ2v) is 10.0. The Morgan fingerprint density at radius 1 is 0.575 bits per heavy atom. The summed E-state index contributed by atoms with van der Waals surface area (Å²) in [7, 11) is 1.79. The van der Waals surface area contributed by atoms with Gasteiger partial charge in [-0.2, -0.15) is 0 Å². The van der Waals surface area contributed by atoms with Crippen molar-refractivity contribution in [3.63, 3.8) is 0 Å². The molecule has 0 spiro atoms. The van der Waals surface area contributed by atoms with Crippen LogP contribution in [0.4, 0.5) is 9.59 Å². The molecule has 20 nitrogen and oxygen atoms in total. The lowest BCUT2D eigenvalue weighted by Gasteiger charge is -2.20. The van der Waals surface area contributed by atoms with Gasteiger partial charge in [0.1, 0.15) is 37.3 Å². The molecule has 0 aliphatic carbocycles. The Balaban J connectivity index is 5.18. The molecule has 0 rings (SSSR count). The van der Waals surface area contributed by atoms with Gasteiger partial charge in [-0.05, 0) is 0 Å². The molecule has 0 unspecified atom stereocenters. The minimum absolute atomic E-state index is 0.211. The first-order valence-corrected chi connectivity index (χ1v) is 13.4. The van der Waals surface area contributed by atoms with E-state index in [-0.39, 0.29) is 11.5 Å². The Kier molecular flexibility index (Phi) is 17.2. The molecule has 14 N–H and O–H groups in total. The van der Waals surface area contributed by atoms with Crippen LogP contribution in [-0.4, -0.2) is 130 Å². The maximum absolute atomic E-state index is 12.3. The Bertz CT molecular complexity index is 882. The molecular weight excluding hydrogens is 584 g/mol. The molecule has 0 radical (unpaired) electrons. The van der Waals surface area contributed by atoms with Gasteiger partial charge < -0.3 is 63.8 Å². The summed E-state index contributed by atoms with van der Waals surface area (Å²) in [5, 5.41) is 47.9. The van der Waals surface area contributed by atoms with Crippen molar-refractivity contribution in [2.24, 2.45) is 11.5 Å². The summed E-state index contributed by atoms with van der Waals surface area (Å²) in [6, 6.07) is -7.51. The zero-order chi connectivity index (χ0) is 30.8. The molecule has 226 valence electrons. The van der Waals surface area contributed by atoms with Gasteiger partial charge >= 0.3 is 35.9 Å². The molecule has 6 amide bonds. The monoisotopic (exact) mass is 614 g/mol. The summed E-state index contributed by atoms with van der Waals surface area (Å²) in [6.07, 6.45) is 0. The molecule has 0 bridgehead atoms. The van der Waals surface area contributed by atoms with E-state index < -0.39 is 98.1 Å². The maximum atomic E-state index is 12.3. The summed E-state index contributed by atoms with van der Waals surface area (Å²) < 4.78 is 0. The molecule has 0 aliphatic rings. The van der Waals surface area contributed by atoms with Crippen LogP contribution >= 0.6 is 21.6 Å². The van der Waals surface area contributed by atoms with E-state index in [1.54, 1.807) is 0 Å². The van der Waals surface area contributed by atoms with Crippen LogP contribution in [0.5, 0.6) is 0 Å². The highest BCUT2D eigenvalue weighted by Crippen LogP contribution is 2.23. The third kappa shape index (κ3) is 16.7. The summed E-state index contributed by atoms with van der Waals surface area (Å²) in [5.41, 5.74) is 10.6. The van der Waals surface area contributed by atoms with Crippen LogP contribution in [0, 0.1) is 0 Å². The van der Waals surface area contributed by atoms with Crippen LogP contribution < -0.4 is 43.4 Å². The second-order valence-electron chi connectivity index (χ2n) is 7.50. The molecule has 0 saturated heterocycles. The molecule has 0 aromatic carbocycles. The predicted molar refractivity (Wildman–Crippen MR) is 138 cm³/mol. The molecule has 0 fully saturated rings. The minimum Gasteiger partial charge on any atom is -0.480 e. The number of rotatable bonds is 19. The van der Waals surface area contributed by atoms with Crippen molar-refractivity contribution in [1.82, 2.24) is 31.9 Å². The van der Waals surface area contributed by atoms with Crippen LogP contribution in [0.1, 0.15) is 0 Å². The average Bonchev–Trinajstić information content (AvgIpc) is 2.87. The van der Waals surface area contributed by atoms with Crippen LogP contribution in [0.2, 0.25) is 0 Å². The molecule has 0 aromatic rings. The summed E-state index contributed by atoms with van der Waals surface area (Å²) in [6.45, 7) is -2.50. The third-order valence-electron chi connectivity index (χ3n) is 4.22. The fourth-order valence-corrected chi connectivity index (χ4v) is 4.50. The van der Waals surface area contributed by atoms with E-state index in [0.717, 1.165) is 21.6 Å². The Morgan fingerprint density at radius 2 is 0.900 bits per heavy atom. The lowest BCUT2D eigenvalue weighted by atomic mass is 10.3. The summed E-state index contributed by atoms with van der Waals surface area (Å²) >= 11 is 0. The lowest BCUT2D eigenvalue weighted by molar-refractivity contribution is -0.139. The number of amides is 6. The van der Waals surface area contributed by atoms with E-state index in [4.69, 9.17) is 31.9 Å². The molecule has 0 saturated carbocycles. The van der Waals surface area contributed by atoms with E-state index in [0.29, 0.717) is 0 Å². The van der Waals surface area contributed by atoms with Gasteiger partial charge in [-0.1, -0.05) is 21.6 Å². The molecule has 0 heterocycles. The zero-order valence-electron chi connectivity index (χ0n) is 20.6. The van der Waals surface area contributed by atoms with Gasteiger partial charge in [0.05, 0.1) is 0 Å². The van der Waals surface area contributed by atoms with Crippen molar-refractivity contribution >= 4 is 69.3 Å². The Hall–Kier alpha value is -4.02. The average molecular weight is 615 g/mol. The van der Waals surface area contributed by atoms with Crippen molar-refractivity contribution in [1.29, 1.82) is 0 Å². The topological polar surface area (TPSA) is 342 Å². The highest BCUT2D eigenvalue weighted by atomic mass is 33.1. The summed E-state index contributed by atoms with van der Waals surface area (Å²) in [5.74, 6) is -7.75. The number of carboxylic acid groups (broad SMARTS) is 4. The van der Waals surface area contributed by atoms with E-state index in [2.05, 4.69) is 31.9 Å². The second kappa shape index (κ2) is 19.1. The highest BCUT2D eigenvalue weighted by molar-refractivity contribution is 8.76. The van der Waals surface area contributed by atoms with Gasteiger partial charge in [-0.25, -0.2) is 9.59 Å². The first-order valence-electron chi connectivity index (χ1n) is 10.9. The van der Waals surface area contributed by atoms with Crippen molar-refractivity contribution in [2.75, 3.05) is 37.7 Å². The van der Waals surface area contributed by atoms with E-state index >= 15 is 0 Å². The number of nitrogens with two attached hydrogens (primary N) is 2. The SMILES string of the molecule is N[C@@H](CNC(=O)N[C@@H](CSSC[C@H](NC(=O)NC[C@H](N)C(=O)O)C(=O)NCC(=O)O)C(=O)NCC(=O)O)C(=O)O. The predicted octanol–water partition coefficient (Wildman–Crippen LogP) is -5.07. The number of hydrogen-bond donors (Lipinski definition) is 12. The number of urea groups is 2. The van der Waals surface area contributed by atoms with Crippen LogP contribution in [0.15, 0.2) is 0 Å². The number of aliphatic carboxylic acids is 4. The smallest absolute Gasteiger partial charge is 0.322 e. The van der Waals surface area contributed by atoms with Gasteiger partial charge in [0.25, 0.3) is 0 Å². The Labute approximate surface area is 233 Å². The quantitative estimate of drug-likeness (QED) is 0.0478. The van der Waals surface area contributed by atoms with Crippen molar-refractivity contribution in [3.05, 3.63) is 0 Å². The maximum Gasteiger partial charge on any atom is 0.322 e. The Morgan fingerprint density at radius 3 is 1.18 bits per heavy atom. The fourth-order valence-electron chi connectivity index (χ4n) is 2.17. The number of carbonyl (C=O) groups excluding carboxylic acids is 4. The van der Waals surface area contributed by atoms with E-state index in [9.17, 15) is 38.4 Å². The number of carboxylic acids is 4. The highest BCUT2D eigenvalue weighted by Gasteiger charge is 2.25. The molecule has 4 atom stereocenters. The van der Waals surface area contributed by atoms with Gasteiger partial charge in [0.15, 0.2) is 0 Å². The van der Waals surface area contributed by atoms with Crippen LogP contribution in [0.3, 0.4) is 0 Å². The molecule has 40 heavy (non-hydrogen) atoms.